The summed E-state index contributed by atoms with van der Waals surface area (Å²) in [5, 5.41) is 0. The first-order valence-electron chi connectivity index (χ1n) is 10.4. The third-order valence-electron chi connectivity index (χ3n) is 4.75. The fraction of sp³-hybridized carbons (Fsp3) is 0.0741. The lowest BCUT2D eigenvalue weighted by Crippen LogP contribution is -2.12. The molecule has 0 saturated heterocycles. The van der Waals surface area contributed by atoms with Crippen molar-refractivity contribution in [2.75, 3.05) is 0 Å². The molecule has 164 valence electrons. The highest BCUT2D eigenvalue weighted by Crippen LogP contribution is 2.25. The Balaban J connectivity index is 1.40. The van der Waals surface area contributed by atoms with Gasteiger partial charge in [-0.2, -0.15) is 0 Å². The largest absolute Gasteiger partial charge is 0.487 e. The first-order chi connectivity index (χ1) is 16.2. The van der Waals surface area contributed by atoms with Gasteiger partial charge in [0.2, 0.25) is 0 Å². The highest BCUT2D eigenvalue weighted by atomic mass is 19.1. The summed E-state index contributed by atoms with van der Waals surface area (Å²) in [5.41, 5.74) is 2.66. The van der Waals surface area contributed by atoms with Crippen molar-refractivity contribution in [1.29, 1.82) is 0 Å². The molecule has 0 aliphatic heterocycles. The molecule has 0 spiro atoms. The van der Waals surface area contributed by atoms with Crippen LogP contribution in [-0.2, 0) is 16.1 Å². The van der Waals surface area contributed by atoms with Crippen LogP contribution in [-0.4, -0.2) is 15.9 Å². The maximum absolute atomic E-state index is 13.7. The Labute approximate surface area is 191 Å². The van der Waals surface area contributed by atoms with Gasteiger partial charge in [0.25, 0.3) is 0 Å². The highest BCUT2D eigenvalue weighted by molar-refractivity contribution is 5.87. The minimum Gasteiger partial charge on any atom is -0.487 e. The molecule has 2 heterocycles. The molecule has 5 nitrogen and oxygen atoms in total. The van der Waals surface area contributed by atoms with Crippen LogP contribution in [0.15, 0.2) is 103 Å². The molecule has 2 aromatic heterocycles. The zero-order valence-corrected chi connectivity index (χ0v) is 17.7. The molecule has 0 aliphatic carbocycles. The van der Waals surface area contributed by atoms with E-state index in [1.54, 1.807) is 48.8 Å². The minimum atomic E-state index is -0.818. The quantitative estimate of drug-likeness (QED) is 0.266. The summed E-state index contributed by atoms with van der Waals surface area (Å²) in [5.74, 6) is -0.280. The van der Waals surface area contributed by atoms with E-state index in [0.717, 1.165) is 11.3 Å². The Kier molecular flexibility index (Phi) is 7.18. The molecule has 4 aromatic rings. The van der Waals surface area contributed by atoms with Crippen LogP contribution in [0.25, 0.3) is 6.08 Å². The number of carbonyl (C=O) groups is 1. The van der Waals surface area contributed by atoms with Crippen LogP contribution >= 0.6 is 0 Å². The maximum atomic E-state index is 13.7. The van der Waals surface area contributed by atoms with Crippen molar-refractivity contribution in [3.63, 3.8) is 0 Å². The van der Waals surface area contributed by atoms with Crippen molar-refractivity contribution < 1.29 is 18.7 Å². The summed E-state index contributed by atoms with van der Waals surface area (Å²) in [6.45, 7) is 0.372. The zero-order chi connectivity index (χ0) is 22.9. The Morgan fingerprint density at radius 2 is 1.70 bits per heavy atom. The van der Waals surface area contributed by atoms with Crippen molar-refractivity contribution in [2.45, 2.75) is 12.7 Å². The molecule has 0 fully saturated rings. The van der Waals surface area contributed by atoms with E-state index in [-0.39, 0.29) is 0 Å². The molecular weight excluding hydrogens is 419 g/mol. The molecule has 33 heavy (non-hydrogen) atoms. The van der Waals surface area contributed by atoms with Crippen LogP contribution in [0.3, 0.4) is 0 Å². The molecule has 0 saturated carbocycles. The zero-order valence-electron chi connectivity index (χ0n) is 17.7. The Morgan fingerprint density at radius 3 is 2.39 bits per heavy atom. The first-order valence-corrected chi connectivity index (χ1v) is 10.4. The van der Waals surface area contributed by atoms with Crippen LogP contribution in [0.5, 0.6) is 5.75 Å². The van der Waals surface area contributed by atoms with Crippen LogP contribution < -0.4 is 4.74 Å². The fourth-order valence-corrected chi connectivity index (χ4v) is 3.14. The maximum Gasteiger partial charge on any atom is 0.331 e. The van der Waals surface area contributed by atoms with E-state index in [9.17, 15) is 9.18 Å². The van der Waals surface area contributed by atoms with Gasteiger partial charge in [-0.25, -0.2) is 9.18 Å². The second kappa shape index (κ2) is 10.8. The predicted octanol–water partition coefficient (Wildman–Crippen LogP) is 5.54. The number of nitrogens with zero attached hydrogens (tertiary/aromatic N) is 2. The Hall–Kier alpha value is -4.32. The van der Waals surface area contributed by atoms with Gasteiger partial charge in [0.15, 0.2) is 6.10 Å². The van der Waals surface area contributed by atoms with E-state index in [2.05, 4.69) is 9.97 Å². The number of rotatable bonds is 8. The van der Waals surface area contributed by atoms with E-state index in [1.807, 2.05) is 42.5 Å². The summed E-state index contributed by atoms with van der Waals surface area (Å²) in [4.78, 5) is 21.0. The normalized spacial score (nSPS) is 11.8. The standard InChI is InChI=1S/C27H21FN2O3/c28-22-7-5-6-21(18-22)27(25-9-2-4-17-30-25)33-26(31)15-12-20-10-13-24(14-11-20)32-19-23-8-1-3-16-29-23/h1-18,27H,19H2/b15-12+. The summed E-state index contributed by atoms with van der Waals surface area (Å²) >= 11 is 0. The second-order valence-corrected chi connectivity index (χ2v) is 7.14. The van der Waals surface area contributed by atoms with E-state index in [4.69, 9.17) is 9.47 Å². The van der Waals surface area contributed by atoms with Crippen molar-refractivity contribution in [3.05, 3.63) is 132 Å². The molecule has 4 rings (SSSR count). The van der Waals surface area contributed by atoms with Gasteiger partial charge in [-0.1, -0.05) is 36.4 Å². The number of hydrogen-bond donors (Lipinski definition) is 0. The molecule has 0 bridgehead atoms. The third-order valence-corrected chi connectivity index (χ3v) is 4.75. The van der Waals surface area contributed by atoms with E-state index < -0.39 is 17.9 Å². The number of halogens is 1. The number of esters is 1. The first kappa shape index (κ1) is 21.9. The lowest BCUT2D eigenvalue weighted by Gasteiger charge is -2.17. The van der Waals surface area contributed by atoms with Crippen molar-refractivity contribution in [2.24, 2.45) is 0 Å². The van der Waals surface area contributed by atoms with Gasteiger partial charge in [-0.05, 0) is 60.2 Å². The summed E-state index contributed by atoms with van der Waals surface area (Å²) in [7, 11) is 0. The van der Waals surface area contributed by atoms with Gasteiger partial charge in [0.1, 0.15) is 18.2 Å². The van der Waals surface area contributed by atoms with E-state index in [0.29, 0.717) is 23.6 Å². The van der Waals surface area contributed by atoms with Crippen molar-refractivity contribution >= 4 is 12.0 Å². The second-order valence-electron chi connectivity index (χ2n) is 7.14. The van der Waals surface area contributed by atoms with Gasteiger partial charge in [0, 0.05) is 24.0 Å². The molecule has 0 radical (unpaired) electrons. The average Bonchev–Trinajstić information content (AvgIpc) is 2.86. The summed E-state index contributed by atoms with van der Waals surface area (Å²) < 4.78 is 25.1. The number of ether oxygens (including phenoxy) is 2. The molecule has 1 unspecified atom stereocenters. The minimum absolute atomic E-state index is 0.372. The Morgan fingerprint density at radius 1 is 0.909 bits per heavy atom. The van der Waals surface area contributed by atoms with Gasteiger partial charge in [-0.3, -0.25) is 9.97 Å². The molecular formula is C27H21FN2O3. The molecule has 0 N–H and O–H groups in total. The SMILES string of the molecule is O=C(/C=C/c1ccc(OCc2ccccn2)cc1)OC(c1cccc(F)c1)c1ccccn1. The number of hydrogen-bond acceptors (Lipinski definition) is 5. The van der Waals surface area contributed by atoms with Crippen LogP contribution in [0.4, 0.5) is 4.39 Å². The van der Waals surface area contributed by atoms with Crippen molar-refractivity contribution in [3.8, 4) is 5.75 Å². The predicted molar refractivity (Wildman–Crippen MR) is 123 cm³/mol. The van der Waals surface area contributed by atoms with Crippen LogP contribution in [0.2, 0.25) is 0 Å². The Bertz CT molecular complexity index is 1210. The fourth-order valence-electron chi connectivity index (χ4n) is 3.14. The van der Waals surface area contributed by atoms with E-state index >= 15 is 0 Å². The third kappa shape index (κ3) is 6.33. The monoisotopic (exact) mass is 440 g/mol. The lowest BCUT2D eigenvalue weighted by molar-refractivity contribution is -0.141. The molecule has 2 aromatic carbocycles. The number of carbonyl (C=O) groups excluding carboxylic acids is 1. The topological polar surface area (TPSA) is 61.3 Å². The van der Waals surface area contributed by atoms with Gasteiger partial charge in [-0.15, -0.1) is 0 Å². The van der Waals surface area contributed by atoms with Gasteiger partial charge in [0.05, 0.1) is 11.4 Å². The summed E-state index contributed by atoms with van der Waals surface area (Å²) in [6, 6.07) is 24.2. The molecule has 0 amide bonds. The highest BCUT2D eigenvalue weighted by Gasteiger charge is 2.19. The molecule has 6 heteroatoms. The lowest BCUT2D eigenvalue weighted by atomic mass is 10.1. The summed E-state index contributed by atoms with van der Waals surface area (Å²) in [6.07, 6.45) is 5.48. The van der Waals surface area contributed by atoms with Gasteiger partial charge < -0.3 is 9.47 Å². The number of pyridine rings is 2. The average molecular weight is 440 g/mol. The number of benzene rings is 2. The van der Waals surface area contributed by atoms with Crippen LogP contribution in [0, 0.1) is 5.82 Å². The van der Waals surface area contributed by atoms with Gasteiger partial charge >= 0.3 is 5.97 Å². The number of aromatic nitrogens is 2. The molecule has 0 aliphatic rings. The van der Waals surface area contributed by atoms with E-state index in [1.165, 1.54) is 18.2 Å². The molecule has 1 atom stereocenters. The van der Waals surface area contributed by atoms with Crippen molar-refractivity contribution in [1.82, 2.24) is 9.97 Å². The smallest absolute Gasteiger partial charge is 0.331 e. The van der Waals surface area contributed by atoms with Crippen LogP contribution in [0.1, 0.15) is 28.6 Å².